The van der Waals surface area contributed by atoms with Gasteiger partial charge in [0.05, 0.1) is 5.25 Å². The first-order valence-electron chi connectivity index (χ1n) is 8.25. The van der Waals surface area contributed by atoms with Crippen LogP contribution >= 0.6 is 11.8 Å². The number of fused-ring (bicyclic) bond motifs is 1. The number of aromatic nitrogens is 2. The van der Waals surface area contributed by atoms with Gasteiger partial charge in [0.1, 0.15) is 0 Å². The predicted molar refractivity (Wildman–Crippen MR) is 103 cm³/mol. The molecule has 0 radical (unpaired) electrons. The molecule has 3 nitrogen and oxygen atoms in total. The molecule has 1 atom stereocenters. The van der Waals surface area contributed by atoms with E-state index in [1.54, 1.807) is 11.8 Å². The predicted octanol–water partition coefficient (Wildman–Crippen LogP) is 6.05. The first kappa shape index (κ1) is 15.9. The van der Waals surface area contributed by atoms with Crippen molar-refractivity contribution in [2.24, 2.45) is 0 Å². The monoisotopic (exact) mass is 346 g/mol. The molecule has 0 amide bonds. The van der Waals surface area contributed by atoms with Crippen LogP contribution in [0.25, 0.3) is 22.2 Å². The molecule has 0 aliphatic carbocycles. The van der Waals surface area contributed by atoms with Crippen molar-refractivity contribution in [2.45, 2.75) is 24.0 Å². The van der Waals surface area contributed by atoms with E-state index in [9.17, 15) is 0 Å². The van der Waals surface area contributed by atoms with Crippen molar-refractivity contribution >= 4 is 22.5 Å². The number of rotatable bonds is 4. The van der Waals surface area contributed by atoms with Crippen molar-refractivity contribution in [3.63, 3.8) is 0 Å². The van der Waals surface area contributed by atoms with Gasteiger partial charge >= 0.3 is 0 Å². The SMILES string of the molecule is Cc1ccc(-c2nnc(C(C)Sc3ccc4ccccc4c3)o2)cc1. The minimum absolute atomic E-state index is 0.0906. The molecule has 3 aromatic carbocycles. The maximum absolute atomic E-state index is 5.89. The van der Waals surface area contributed by atoms with Gasteiger partial charge in [0.25, 0.3) is 0 Å². The van der Waals surface area contributed by atoms with Gasteiger partial charge in [-0.15, -0.1) is 22.0 Å². The van der Waals surface area contributed by atoms with Crippen LogP contribution in [0.15, 0.2) is 76.0 Å². The third kappa shape index (κ3) is 3.44. The summed E-state index contributed by atoms with van der Waals surface area (Å²) in [4.78, 5) is 1.20. The summed E-state index contributed by atoms with van der Waals surface area (Å²) in [5.74, 6) is 1.22. The molecule has 0 aliphatic rings. The van der Waals surface area contributed by atoms with Crippen LogP contribution in [0.5, 0.6) is 0 Å². The standard InChI is InChI=1S/C21H18N2OS/c1-14-7-9-17(10-8-14)21-23-22-20(24-21)15(2)25-19-12-11-16-5-3-4-6-18(16)13-19/h3-13,15H,1-2H3. The van der Waals surface area contributed by atoms with E-state index >= 15 is 0 Å². The summed E-state index contributed by atoms with van der Waals surface area (Å²) >= 11 is 1.73. The molecule has 4 rings (SSSR count). The van der Waals surface area contributed by atoms with Crippen LogP contribution in [-0.4, -0.2) is 10.2 Å². The van der Waals surface area contributed by atoms with E-state index in [4.69, 9.17) is 4.42 Å². The molecule has 1 heterocycles. The highest BCUT2D eigenvalue weighted by atomic mass is 32.2. The Morgan fingerprint density at radius 3 is 2.44 bits per heavy atom. The fraction of sp³-hybridized carbons (Fsp3) is 0.143. The fourth-order valence-corrected chi connectivity index (χ4v) is 3.65. The van der Waals surface area contributed by atoms with E-state index in [-0.39, 0.29) is 5.25 Å². The third-order valence-electron chi connectivity index (χ3n) is 4.12. The molecule has 1 unspecified atom stereocenters. The van der Waals surface area contributed by atoms with Gasteiger partial charge in [0.15, 0.2) is 0 Å². The van der Waals surface area contributed by atoms with E-state index < -0.39 is 0 Å². The molecule has 0 bridgehead atoms. The number of benzene rings is 3. The number of aryl methyl sites for hydroxylation is 1. The Bertz CT molecular complexity index is 1010. The zero-order valence-corrected chi connectivity index (χ0v) is 15.0. The molecular weight excluding hydrogens is 328 g/mol. The van der Waals surface area contributed by atoms with Crippen LogP contribution in [-0.2, 0) is 0 Å². The highest BCUT2D eigenvalue weighted by Crippen LogP contribution is 2.36. The second-order valence-electron chi connectivity index (χ2n) is 6.08. The molecular formula is C21H18N2OS. The van der Waals surface area contributed by atoms with Crippen molar-refractivity contribution in [3.05, 3.63) is 78.2 Å². The number of hydrogen-bond acceptors (Lipinski definition) is 4. The summed E-state index contributed by atoms with van der Waals surface area (Å²) in [6.45, 7) is 4.15. The average Bonchev–Trinajstić information content (AvgIpc) is 3.12. The molecule has 0 fully saturated rings. The summed E-state index contributed by atoms with van der Waals surface area (Å²) in [6, 6.07) is 23.0. The highest BCUT2D eigenvalue weighted by molar-refractivity contribution is 7.99. The lowest BCUT2D eigenvalue weighted by Gasteiger charge is -2.07. The topological polar surface area (TPSA) is 38.9 Å². The van der Waals surface area contributed by atoms with Crippen LogP contribution in [0, 0.1) is 6.92 Å². The smallest absolute Gasteiger partial charge is 0.247 e. The van der Waals surface area contributed by atoms with Gasteiger partial charge in [-0.3, -0.25) is 0 Å². The Balaban J connectivity index is 1.54. The van der Waals surface area contributed by atoms with Gasteiger partial charge < -0.3 is 4.42 Å². The summed E-state index contributed by atoms with van der Waals surface area (Å²) in [7, 11) is 0. The zero-order chi connectivity index (χ0) is 17.2. The van der Waals surface area contributed by atoms with Gasteiger partial charge in [0.2, 0.25) is 11.8 Å². The lowest BCUT2D eigenvalue weighted by Crippen LogP contribution is -1.88. The molecule has 0 saturated carbocycles. The summed E-state index contributed by atoms with van der Waals surface area (Å²) in [5, 5.41) is 11.0. The molecule has 0 saturated heterocycles. The van der Waals surface area contributed by atoms with Gasteiger partial charge in [-0.05, 0) is 48.9 Å². The molecule has 0 aliphatic heterocycles. The Labute approximate surface area is 151 Å². The molecule has 0 N–H and O–H groups in total. The van der Waals surface area contributed by atoms with E-state index in [1.807, 2.05) is 24.3 Å². The number of hydrogen-bond donors (Lipinski definition) is 0. The fourth-order valence-electron chi connectivity index (χ4n) is 2.71. The van der Waals surface area contributed by atoms with Crippen LogP contribution in [0.4, 0.5) is 0 Å². The number of thioether (sulfide) groups is 1. The first-order chi connectivity index (χ1) is 12.2. The zero-order valence-electron chi connectivity index (χ0n) is 14.1. The van der Waals surface area contributed by atoms with Gasteiger partial charge in [-0.1, -0.05) is 48.0 Å². The van der Waals surface area contributed by atoms with Crippen LogP contribution in [0.2, 0.25) is 0 Å². The third-order valence-corrected chi connectivity index (χ3v) is 5.20. The summed E-state index contributed by atoms with van der Waals surface area (Å²) in [6.07, 6.45) is 0. The van der Waals surface area contributed by atoms with Gasteiger partial charge in [-0.25, -0.2) is 0 Å². The average molecular weight is 346 g/mol. The Hall–Kier alpha value is -2.59. The van der Waals surface area contributed by atoms with Crippen LogP contribution in [0.3, 0.4) is 0 Å². The van der Waals surface area contributed by atoms with Crippen LogP contribution in [0.1, 0.15) is 23.6 Å². The first-order valence-corrected chi connectivity index (χ1v) is 9.13. The van der Waals surface area contributed by atoms with Crippen molar-refractivity contribution in [1.29, 1.82) is 0 Å². The minimum Gasteiger partial charge on any atom is -0.419 e. The summed E-state index contributed by atoms with van der Waals surface area (Å²) < 4.78 is 5.89. The van der Waals surface area contributed by atoms with Gasteiger partial charge in [0, 0.05) is 10.5 Å². The summed E-state index contributed by atoms with van der Waals surface area (Å²) in [5.41, 5.74) is 2.16. The number of nitrogens with zero attached hydrogens (tertiary/aromatic N) is 2. The molecule has 1 aromatic heterocycles. The van der Waals surface area contributed by atoms with E-state index in [0.29, 0.717) is 11.8 Å². The quantitative estimate of drug-likeness (QED) is 0.422. The molecule has 25 heavy (non-hydrogen) atoms. The van der Waals surface area contributed by atoms with E-state index in [1.165, 1.54) is 21.2 Å². The van der Waals surface area contributed by atoms with Crippen molar-refractivity contribution in [2.75, 3.05) is 0 Å². The molecule has 124 valence electrons. The van der Waals surface area contributed by atoms with Crippen molar-refractivity contribution < 1.29 is 4.42 Å². The second-order valence-corrected chi connectivity index (χ2v) is 7.49. The maximum atomic E-state index is 5.89. The molecule has 0 spiro atoms. The Kier molecular flexibility index (Phi) is 4.28. The lowest BCUT2D eigenvalue weighted by atomic mass is 10.1. The van der Waals surface area contributed by atoms with E-state index in [0.717, 1.165) is 5.56 Å². The second kappa shape index (κ2) is 6.73. The Morgan fingerprint density at radius 2 is 1.64 bits per heavy atom. The van der Waals surface area contributed by atoms with Crippen molar-refractivity contribution in [3.8, 4) is 11.5 Å². The van der Waals surface area contributed by atoms with Crippen molar-refractivity contribution in [1.82, 2.24) is 10.2 Å². The highest BCUT2D eigenvalue weighted by Gasteiger charge is 2.16. The minimum atomic E-state index is 0.0906. The van der Waals surface area contributed by atoms with E-state index in [2.05, 4.69) is 66.5 Å². The normalized spacial score (nSPS) is 12.4. The van der Waals surface area contributed by atoms with Crippen LogP contribution < -0.4 is 0 Å². The van der Waals surface area contributed by atoms with Gasteiger partial charge in [-0.2, -0.15) is 0 Å². The molecule has 4 heteroatoms. The Morgan fingerprint density at radius 1 is 0.880 bits per heavy atom. The maximum Gasteiger partial charge on any atom is 0.247 e. The lowest BCUT2D eigenvalue weighted by molar-refractivity contribution is 0.509. The molecule has 4 aromatic rings. The largest absolute Gasteiger partial charge is 0.419 e.